The second-order valence-corrected chi connectivity index (χ2v) is 8.17. The maximum absolute atomic E-state index is 12.3. The van der Waals surface area contributed by atoms with Gasteiger partial charge in [0.2, 0.25) is 0 Å². The molecule has 2 aliphatic rings. The van der Waals surface area contributed by atoms with Crippen LogP contribution < -0.4 is 0 Å². The van der Waals surface area contributed by atoms with E-state index in [9.17, 15) is 13.2 Å². The quantitative estimate of drug-likeness (QED) is 0.637. The fourth-order valence-corrected chi connectivity index (χ4v) is 4.10. The second-order valence-electron chi connectivity index (χ2n) is 6.12. The minimum Gasteiger partial charge on any atom is -0.391 e. The molecule has 1 fully saturated rings. The fourth-order valence-electron chi connectivity index (χ4n) is 3.16. The number of hydrogen-bond donors (Lipinski definition) is 0. The number of likely N-dealkylation sites (tertiary alicyclic amines) is 1. The first kappa shape index (κ1) is 18.1. The maximum Gasteiger partial charge on any atom is 0.446 e. The smallest absolute Gasteiger partial charge is 0.391 e. The van der Waals surface area contributed by atoms with Crippen LogP contribution in [0, 0.1) is 5.92 Å². The lowest BCUT2D eigenvalue weighted by atomic mass is 9.90. The number of piperidine rings is 1. The number of rotatable bonds is 4. The van der Waals surface area contributed by atoms with Crippen LogP contribution in [0.4, 0.5) is 13.2 Å². The summed E-state index contributed by atoms with van der Waals surface area (Å²) in [7, 11) is 0. The van der Waals surface area contributed by atoms with Gasteiger partial charge in [-0.25, -0.2) is 0 Å². The van der Waals surface area contributed by atoms with Gasteiger partial charge in [0.25, 0.3) is 0 Å². The van der Waals surface area contributed by atoms with Gasteiger partial charge < -0.3 is 4.84 Å². The van der Waals surface area contributed by atoms with E-state index >= 15 is 0 Å². The van der Waals surface area contributed by atoms with Crippen molar-refractivity contribution in [2.24, 2.45) is 11.1 Å². The van der Waals surface area contributed by atoms with Crippen LogP contribution in [0.1, 0.15) is 24.8 Å². The molecule has 3 rings (SSSR count). The van der Waals surface area contributed by atoms with Crippen molar-refractivity contribution in [1.29, 1.82) is 0 Å². The third-order valence-corrected chi connectivity index (χ3v) is 5.59. The van der Waals surface area contributed by atoms with E-state index < -0.39 is 5.51 Å². The van der Waals surface area contributed by atoms with Crippen LogP contribution in [0.15, 0.2) is 34.3 Å². The van der Waals surface area contributed by atoms with E-state index in [1.165, 1.54) is 0 Å². The number of nitrogens with zero attached hydrogens (tertiary/aromatic N) is 2. The van der Waals surface area contributed by atoms with Crippen molar-refractivity contribution < 1.29 is 18.0 Å². The van der Waals surface area contributed by atoms with Crippen LogP contribution in [0.5, 0.6) is 0 Å². The van der Waals surface area contributed by atoms with Crippen LogP contribution in [-0.4, -0.2) is 34.2 Å². The fraction of sp³-hybridized carbons (Fsp3) is 0.562. The molecule has 2 aliphatic heterocycles. The molecule has 24 heavy (non-hydrogen) atoms. The summed E-state index contributed by atoms with van der Waals surface area (Å²) in [6, 6.07) is 6.65. The number of halogens is 4. The summed E-state index contributed by atoms with van der Waals surface area (Å²) in [6.07, 6.45) is 3.15. The molecule has 0 bridgehead atoms. The van der Waals surface area contributed by atoms with Crippen molar-refractivity contribution in [3.8, 4) is 0 Å². The lowest BCUT2D eigenvalue weighted by Gasteiger charge is -2.33. The molecule has 8 heteroatoms. The highest BCUT2D eigenvalue weighted by Crippen LogP contribution is 2.37. The average Bonchev–Trinajstić information content (AvgIpc) is 2.95. The molecule has 0 aliphatic carbocycles. The van der Waals surface area contributed by atoms with Gasteiger partial charge in [-0.05, 0) is 71.3 Å². The third kappa shape index (κ3) is 5.13. The van der Waals surface area contributed by atoms with Crippen LogP contribution in [-0.2, 0) is 11.4 Å². The van der Waals surface area contributed by atoms with E-state index in [-0.39, 0.29) is 22.8 Å². The molecule has 132 valence electrons. The third-order valence-electron chi connectivity index (χ3n) is 4.38. The van der Waals surface area contributed by atoms with Gasteiger partial charge in [-0.3, -0.25) is 4.90 Å². The molecule has 2 heterocycles. The second kappa shape index (κ2) is 7.66. The summed E-state index contributed by atoms with van der Waals surface area (Å²) in [5, 5.41) is 3.95. The molecule has 0 amide bonds. The van der Waals surface area contributed by atoms with Crippen molar-refractivity contribution in [3.63, 3.8) is 0 Å². The molecule has 1 saturated heterocycles. The van der Waals surface area contributed by atoms with E-state index in [0.717, 1.165) is 49.1 Å². The topological polar surface area (TPSA) is 24.8 Å². The van der Waals surface area contributed by atoms with E-state index in [0.29, 0.717) is 5.92 Å². The van der Waals surface area contributed by atoms with Gasteiger partial charge in [0.1, 0.15) is 10.7 Å². The summed E-state index contributed by atoms with van der Waals surface area (Å²) in [6.45, 7) is 2.72. The Morgan fingerprint density at radius 1 is 1.21 bits per heavy atom. The standard InChI is InChI=1S/C16H18BrF3N2OS/c17-15-9-14(23-21-15)12-5-7-22(8-6-12)10-11-1-3-13(4-2-11)24-16(18,19)20/h1-4,12,14H,5-10H2. The zero-order valence-electron chi connectivity index (χ0n) is 12.9. The maximum atomic E-state index is 12.3. The van der Waals surface area contributed by atoms with Crippen molar-refractivity contribution in [2.75, 3.05) is 13.1 Å². The van der Waals surface area contributed by atoms with Crippen molar-refractivity contribution in [3.05, 3.63) is 29.8 Å². The zero-order valence-corrected chi connectivity index (χ0v) is 15.3. The highest BCUT2D eigenvalue weighted by molar-refractivity contribution is 9.18. The minimum absolute atomic E-state index is 0.0721. The van der Waals surface area contributed by atoms with Gasteiger partial charge in [0.05, 0.1) is 0 Å². The van der Waals surface area contributed by atoms with Gasteiger partial charge in [0, 0.05) is 23.8 Å². The molecule has 0 N–H and O–H groups in total. The first-order valence-electron chi connectivity index (χ1n) is 7.84. The number of benzene rings is 1. The summed E-state index contributed by atoms with van der Waals surface area (Å²) < 4.78 is 37.9. The first-order chi connectivity index (χ1) is 11.4. The van der Waals surface area contributed by atoms with Crippen molar-refractivity contribution in [1.82, 2.24) is 4.90 Å². The van der Waals surface area contributed by atoms with E-state index in [1.807, 2.05) is 0 Å². The largest absolute Gasteiger partial charge is 0.446 e. The Morgan fingerprint density at radius 3 is 2.42 bits per heavy atom. The van der Waals surface area contributed by atoms with Gasteiger partial charge in [-0.1, -0.05) is 17.3 Å². The Bertz CT molecular complexity index is 586. The molecule has 0 spiro atoms. The molecule has 1 aromatic rings. The zero-order chi connectivity index (χ0) is 17.2. The average molecular weight is 423 g/mol. The number of alkyl halides is 3. The van der Waals surface area contributed by atoms with Gasteiger partial charge >= 0.3 is 5.51 Å². The van der Waals surface area contributed by atoms with Gasteiger partial charge in [-0.15, -0.1) is 0 Å². The van der Waals surface area contributed by atoms with Crippen molar-refractivity contribution in [2.45, 2.75) is 42.3 Å². The van der Waals surface area contributed by atoms with E-state index in [2.05, 4.69) is 26.0 Å². The highest BCUT2D eigenvalue weighted by Gasteiger charge is 2.32. The highest BCUT2D eigenvalue weighted by atomic mass is 79.9. The molecule has 3 nitrogen and oxygen atoms in total. The van der Waals surface area contributed by atoms with Crippen molar-refractivity contribution >= 4 is 32.3 Å². The molecular weight excluding hydrogens is 405 g/mol. The summed E-state index contributed by atoms with van der Waals surface area (Å²) in [4.78, 5) is 8.01. The Morgan fingerprint density at radius 2 is 1.88 bits per heavy atom. The lowest BCUT2D eigenvalue weighted by molar-refractivity contribution is -0.0328. The van der Waals surface area contributed by atoms with E-state index in [1.54, 1.807) is 24.3 Å². The molecular formula is C16H18BrF3N2OS. The number of thioether (sulfide) groups is 1. The molecule has 1 aromatic carbocycles. The minimum atomic E-state index is -4.23. The SMILES string of the molecule is FC(F)(F)Sc1ccc(CN2CCC(C3CC(Br)=NO3)CC2)cc1. The van der Waals surface area contributed by atoms with Crippen LogP contribution in [0.2, 0.25) is 0 Å². The number of hydrogen-bond acceptors (Lipinski definition) is 4. The predicted molar refractivity (Wildman–Crippen MR) is 92.2 cm³/mol. The molecule has 0 saturated carbocycles. The number of oxime groups is 1. The first-order valence-corrected chi connectivity index (χ1v) is 9.45. The van der Waals surface area contributed by atoms with E-state index in [4.69, 9.17) is 4.84 Å². The molecule has 0 radical (unpaired) electrons. The Kier molecular flexibility index (Phi) is 5.77. The summed E-state index contributed by atoms with van der Waals surface area (Å²) in [5.41, 5.74) is -3.19. The molecule has 0 aromatic heterocycles. The van der Waals surface area contributed by atoms with Crippen LogP contribution in [0.3, 0.4) is 0 Å². The Labute approximate surface area is 151 Å². The summed E-state index contributed by atoms with van der Waals surface area (Å²) >= 11 is 3.30. The normalized spacial score (nSPS) is 23.2. The van der Waals surface area contributed by atoms with Crippen LogP contribution >= 0.6 is 27.7 Å². The molecule has 1 unspecified atom stereocenters. The Balaban J connectivity index is 1.46. The molecule has 1 atom stereocenters. The summed E-state index contributed by atoms with van der Waals surface area (Å²) in [5.74, 6) is 0.519. The Hall–Kier alpha value is -0.730. The lowest BCUT2D eigenvalue weighted by Crippen LogP contribution is -2.37. The van der Waals surface area contributed by atoms with Gasteiger partial charge in [0.15, 0.2) is 0 Å². The monoisotopic (exact) mass is 422 g/mol. The van der Waals surface area contributed by atoms with Crippen LogP contribution in [0.25, 0.3) is 0 Å². The van der Waals surface area contributed by atoms with Gasteiger partial charge in [-0.2, -0.15) is 13.2 Å². The predicted octanol–water partition coefficient (Wildman–Crippen LogP) is 5.01.